The quantitative estimate of drug-likeness (QED) is 0.174. The fourth-order valence-corrected chi connectivity index (χ4v) is 12.0. The van der Waals surface area contributed by atoms with Crippen LogP contribution < -0.4 is 0 Å². The first-order chi connectivity index (χ1) is 32.4. The second-order valence-corrected chi connectivity index (χ2v) is 24.5. The van der Waals surface area contributed by atoms with Crippen LogP contribution in [0.25, 0.3) is 22.3 Å². The van der Waals surface area contributed by atoms with Crippen LogP contribution in [0.5, 0.6) is 0 Å². The van der Waals surface area contributed by atoms with Crippen molar-refractivity contribution in [2.75, 3.05) is 0 Å². The zero-order valence-electron chi connectivity index (χ0n) is 47.3. The summed E-state index contributed by atoms with van der Waals surface area (Å²) in [5, 5.41) is 12.1. The first-order valence-electron chi connectivity index (χ1n) is 25.6. The molecule has 0 saturated carbocycles. The Kier molecular flexibility index (Phi) is 16.7. The summed E-state index contributed by atoms with van der Waals surface area (Å²) < 4.78 is 0. The largest absolute Gasteiger partial charge is 0.389 e. The number of aliphatic hydroxyl groups is 1. The monoisotopic (exact) mass is 933 g/mol. The Morgan fingerprint density at radius 1 is 0.243 bits per heavy atom. The highest BCUT2D eigenvalue weighted by molar-refractivity contribution is 5.91. The zero-order chi connectivity index (χ0) is 52.4. The summed E-state index contributed by atoms with van der Waals surface area (Å²) in [4.78, 5) is 0. The van der Waals surface area contributed by atoms with E-state index in [0.717, 1.165) is 0 Å². The molecule has 1 unspecified atom stereocenters. The van der Waals surface area contributed by atoms with Crippen LogP contribution in [0.1, 0.15) is 154 Å². The molecule has 2 aliphatic carbocycles. The third-order valence-corrected chi connectivity index (χ3v) is 14.9. The normalized spacial score (nSPS) is 15.2. The molecular weight excluding hydrogens is 845 g/mol. The minimum Gasteiger partial charge on any atom is -0.389 e. The van der Waals surface area contributed by atoms with Crippen LogP contribution in [0.15, 0.2) is 146 Å². The molecule has 9 rings (SSSR count). The Hall–Kier alpha value is -5.50. The molecule has 7 aromatic rings. The van der Waals surface area contributed by atoms with Gasteiger partial charge in [-0.25, -0.2) is 0 Å². The summed E-state index contributed by atoms with van der Waals surface area (Å²) in [5.74, 6) is 0. The van der Waals surface area contributed by atoms with Gasteiger partial charge >= 0.3 is 0 Å². The summed E-state index contributed by atoms with van der Waals surface area (Å²) in [5.41, 5.74) is 21.9. The van der Waals surface area contributed by atoms with E-state index >= 15 is 0 Å². The topological polar surface area (TPSA) is 20.2 Å². The number of hydrogen-bond donors (Lipinski definition) is 1. The third kappa shape index (κ3) is 11.3. The van der Waals surface area contributed by atoms with Crippen LogP contribution in [-0.2, 0) is 10.8 Å². The summed E-state index contributed by atoms with van der Waals surface area (Å²) in [6, 6.07) is 52.9. The first-order valence-corrected chi connectivity index (χ1v) is 25.6. The highest BCUT2D eigenvalue weighted by Gasteiger charge is 2.62. The molecule has 70 heavy (non-hydrogen) atoms. The van der Waals surface area contributed by atoms with E-state index in [0.29, 0.717) is 0 Å². The Labute approximate surface area is 426 Å². The maximum absolute atomic E-state index is 12.1. The fraction of sp³-hybridized carbons (Fsp3) is 0.391. The SMILES string of the molecule is Cc1ccc(C)cc1.Cc1ccc(C)cc1.Cc1ccc(C)cc1.Cc1ccc(C)cc1.Cc1ccc2c(c1)C(C(C)(C)C)(C(C)(C)C)c1cc3c(cc1-2)C(C(C)(C)C)(C(C)(C)O)c1cc(C)ccc1-3. The maximum Gasteiger partial charge on any atom is 0.0733 e. The Balaban J connectivity index is 0.000000226. The standard InChI is InChI=1S/C37H48O.4C8H10/c1-22-14-16-24-26-21-31-27(20-30(26)36(28(24)18-22,32(3,4)5)33(6,7)8)25-17-15-23(2)19-29(25)37(31,34(9,10)11)35(12,13)38;4*1-7-3-5-8(2)6-4-7/h14-21,38H,1-13H3;4*3-6H,1-2H3. The number of rotatable bonds is 1. The van der Waals surface area contributed by atoms with Gasteiger partial charge in [0.25, 0.3) is 0 Å². The lowest BCUT2D eigenvalue weighted by atomic mass is 9.49. The van der Waals surface area contributed by atoms with E-state index in [1.807, 2.05) is 13.8 Å². The van der Waals surface area contributed by atoms with Gasteiger partial charge in [-0.2, -0.15) is 0 Å². The molecule has 0 amide bonds. The van der Waals surface area contributed by atoms with E-state index in [2.05, 4.69) is 277 Å². The van der Waals surface area contributed by atoms with Gasteiger partial charge in [0.15, 0.2) is 0 Å². The summed E-state index contributed by atoms with van der Waals surface area (Å²) >= 11 is 0. The van der Waals surface area contributed by atoms with Gasteiger partial charge in [-0.3, -0.25) is 0 Å². The molecule has 370 valence electrons. The number of benzene rings is 7. The fourth-order valence-electron chi connectivity index (χ4n) is 12.0. The molecule has 0 spiro atoms. The molecule has 2 aliphatic rings. The second kappa shape index (κ2) is 21.1. The molecule has 1 nitrogen and oxygen atoms in total. The molecular formula is C69H88O. The van der Waals surface area contributed by atoms with Crippen molar-refractivity contribution < 1.29 is 5.11 Å². The van der Waals surface area contributed by atoms with E-state index in [1.54, 1.807) is 0 Å². The van der Waals surface area contributed by atoms with E-state index in [-0.39, 0.29) is 21.7 Å². The van der Waals surface area contributed by atoms with Crippen LogP contribution in [0, 0.1) is 85.5 Å². The molecule has 0 aromatic heterocycles. The zero-order valence-corrected chi connectivity index (χ0v) is 47.3. The molecule has 1 heteroatoms. The van der Waals surface area contributed by atoms with Gasteiger partial charge in [0, 0.05) is 5.41 Å². The van der Waals surface area contributed by atoms with E-state index in [4.69, 9.17) is 0 Å². The minimum absolute atomic E-state index is 0.0145. The maximum atomic E-state index is 12.1. The van der Waals surface area contributed by atoms with Crippen molar-refractivity contribution in [1.82, 2.24) is 0 Å². The smallest absolute Gasteiger partial charge is 0.0733 e. The second-order valence-electron chi connectivity index (χ2n) is 24.5. The van der Waals surface area contributed by atoms with Gasteiger partial charge < -0.3 is 5.11 Å². The van der Waals surface area contributed by atoms with Gasteiger partial charge in [-0.15, -0.1) is 0 Å². The predicted octanol–water partition coefficient (Wildman–Crippen LogP) is 19.0. The predicted molar refractivity (Wildman–Crippen MR) is 307 cm³/mol. The molecule has 1 N–H and O–H groups in total. The van der Waals surface area contributed by atoms with Crippen molar-refractivity contribution in [1.29, 1.82) is 0 Å². The summed E-state index contributed by atoms with van der Waals surface area (Å²) in [6.07, 6.45) is 0. The molecule has 0 fully saturated rings. The highest BCUT2D eigenvalue weighted by Crippen LogP contribution is 2.68. The lowest BCUT2D eigenvalue weighted by Crippen LogP contribution is -2.55. The van der Waals surface area contributed by atoms with Crippen LogP contribution in [0.3, 0.4) is 0 Å². The lowest BCUT2D eigenvalue weighted by molar-refractivity contribution is -0.0370. The van der Waals surface area contributed by atoms with Crippen molar-refractivity contribution >= 4 is 0 Å². The highest BCUT2D eigenvalue weighted by atomic mass is 16.3. The van der Waals surface area contributed by atoms with Gasteiger partial charge in [0.2, 0.25) is 0 Å². The Morgan fingerprint density at radius 2 is 0.429 bits per heavy atom. The number of hydrogen-bond acceptors (Lipinski definition) is 1. The van der Waals surface area contributed by atoms with E-state index in [9.17, 15) is 5.11 Å². The molecule has 7 aromatic carbocycles. The number of aryl methyl sites for hydroxylation is 10. The number of fused-ring (bicyclic) bond motifs is 6. The molecule has 0 radical (unpaired) electrons. The van der Waals surface area contributed by atoms with E-state index < -0.39 is 11.0 Å². The average molecular weight is 933 g/mol. The lowest BCUT2D eigenvalue weighted by Gasteiger charge is -2.53. The van der Waals surface area contributed by atoms with Crippen LogP contribution in [0.2, 0.25) is 0 Å². The minimum atomic E-state index is -0.965. The molecule has 0 saturated heterocycles. The Morgan fingerprint density at radius 3 is 0.643 bits per heavy atom. The van der Waals surface area contributed by atoms with E-state index in [1.165, 1.54) is 100 Å². The van der Waals surface area contributed by atoms with Gasteiger partial charge in [0.1, 0.15) is 0 Å². The molecule has 0 heterocycles. The average Bonchev–Trinajstić information content (AvgIpc) is 3.72. The van der Waals surface area contributed by atoms with Crippen LogP contribution in [0.4, 0.5) is 0 Å². The molecule has 1 atom stereocenters. The van der Waals surface area contributed by atoms with Gasteiger partial charge in [0.05, 0.1) is 11.0 Å². The van der Waals surface area contributed by atoms with Gasteiger partial charge in [-0.05, 0) is 156 Å². The van der Waals surface area contributed by atoms with Gasteiger partial charge in [-0.1, -0.05) is 251 Å². The van der Waals surface area contributed by atoms with Crippen LogP contribution in [-0.4, -0.2) is 10.7 Å². The first kappa shape index (κ1) is 55.4. The van der Waals surface area contributed by atoms with Crippen molar-refractivity contribution in [3.63, 3.8) is 0 Å². The van der Waals surface area contributed by atoms with Crippen molar-refractivity contribution in [2.24, 2.45) is 16.2 Å². The molecule has 0 aliphatic heterocycles. The Bertz CT molecular complexity index is 2440. The molecule has 0 bridgehead atoms. The summed E-state index contributed by atoms with van der Waals surface area (Å²) in [6.45, 7) is 46.6. The third-order valence-electron chi connectivity index (χ3n) is 14.9. The van der Waals surface area contributed by atoms with Crippen LogP contribution >= 0.6 is 0 Å². The van der Waals surface area contributed by atoms with Crippen molar-refractivity contribution in [3.05, 3.63) is 223 Å². The van der Waals surface area contributed by atoms with Crippen molar-refractivity contribution in [2.45, 2.75) is 162 Å². The van der Waals surface area contributed by atoms with Crippen molar-refractivity contribution in [3.8, 4) is 22.3 Å². The summed E-state index contributed by atoms with van der Waals surface area (Å²) in [7, 11) is 0.